The molecule has 17 heteroatoms. The minimum Gasteiger partial charge on any atom is -0.744 e. The van der Waals surface area contributed by atoms with Crippen LogP contribution in [0, 0.1) is 0 Å². The van der Waals surface area contributed by atoms with Crippen LogP contribution in [0.1, 0.15) is 300 Å². The predicted octanol–water partition coefficient (Wildman–Crippen LogP) is 17.8. The summed E-state index contributed by atoms with van der Waals surface area (Å²) in [5.41, 5.74) is -0.715. The number of ether oxygens (including phenoxy) is 4. The van der Waals surface area contributed by atoms with Crippen molar-refractivity contribution >= 4 is 81.9 Å². The van der Waals surface area contributed by atoms with Crippen LogP contribution in [0.3, 0.4) is 0 Å². The molecule has 0 fully saturated rings. The monoisotopic (exact) mass is 1250 g/mol. The van der Waals surface area contributed by atoms with Crippen molar-refractivity contribution in [2.24, 2.45) is 0 Å². The molecule has 0 aliphatic heterocycles. The number of carbonyl (C=O) groups excluding carboxylic acids is 4. The van der Waals surface area contributed by atoms with Crippen LogP contribution in [-0.2, 0) is 39.2 Å². The summed E-state index contributed by atoms with van der Waals surface area (Å²) in [5, 5.41) is 0. The van der Waals surface area contributed by atoms with E-state index in [0.29, 0.717) is 25.7 Å². The summed E-state index contributed by atoms with van der Waals surface area (Å²) >= 11 is 0. The summed E-state index contributed by atoms with van der Waals surface area (Å²) < 4.78 is 90.6. The van der Waals surface area contributed by atoms with Gasteiger partial charge in [0.15, 0.2) is 0 Å². The maximum Gasteiger partial charge on any atom is 2.00 e. The maximum absolute atomic E-state index is 12.8. The topological polar surface area (TPSA) is 220 Å². The smallest absolute Gasteiger partial charge is 0.744 e. The van der Waals surface area contributed by atoms with E-state index in [1.165, 1.54) is 103 Å². The van der Waals surface area contributed by atoms with Gasteiger partial charge in [-0.05, 0) is 141 Å². The number of unbranched alkanes of at least 4 members (excludes halogenated alkanes) is 32. The largest absolute Gasteiger partial charge is 2.00 e. The van der Waals surface area contributed by atoms with Gasteiger partial charge >= 0.3 is 61.6 Å². The molecule has 0 saturated carbocycles. The second kappa shape index (κ2) is 54.5. The molecule has 2 aromatic carbocycles. The van der Waals surface area contributed by atoms with Crippen molar-refractivity contribution in [2.45, 2.75) is 269 Å². The third kappa shape index (κ3) is 43.6. The summed E-state index contributed by atoms with van der Waals surface area (Å²) in [6.45, 7) is 8.88. The number of rotatable bonds is 50. The number of allylic oxidation sites excluding steroid dienone is 8. The molecular weight excluding hydrogens is 1140 g/mol. The number of hydrogen-bond donors (Lipinski definition) is 0. The van der Waals surface area contributed by atoms with E-state index in [9.17, 15) is 45.1 Å². The van der Waals surface area contributed by atoms with Crippen molar-refractivity contribution < 1.29 is 64.1 Å². The van der Waals surface area contributed by atoms with Gasteiger partial charge in [-0.25, -0.2) is 36.0 Å². The van der Waals surface area contributed by atoms with Gasteiger partial charge in [-0.2, -0.15) is 0 Å². The van der Waals surface area contributed by atoms with Gasteiger partial charge in [0.1, 0.15) is 20.2 Å². The number of esters is 4. The summed E-state index contributed by atoms with van der Waals surface area (Å²) in [6.07, 6.45) is 56.5. The van der Waals surface area contributed by atoms with Crippen LogP contribution in [-0.4, -0.2) is 114 Å². The molecule has 0 aliphatic carbocycles. The third-order valence-electron chi connectivity index (χ3n) is 14.4. The van der Waals surface area contributed by atoms with Crippen LogP contribution in [0.25, 0.3) is 0 Å². The number of hydrogen-bond acceptors (Lipinski definition) is 14. The molecule has 85 heavy (non-hydrogen) atoms. The molecule has 0 bridgehead atoms. The van der Waals surface area contributed by atoms with Gasteiger partial charge in [0, 0.05) is 0 Å². The molecule has 14 nitrogen and oxygen atoms in total. The Morgan fingerprint density at radius 2 is 0.506 bits per heavy atom. The van der Waals surface area contributed by atoms with Crippen LogP contribution in [0.4, 0.5) is 0 Å². The average Bonchev–Trinajstić information content (AvgIpc) is 3.68. The molecule has 0 radical (unpaired) electrons. The van der Waals surface area contributed by atoms with Gasteiger partial charge in [-0.1, -0.05) is 203 Å². The van der Waals surface area contributed by atoms with Crippen molar-refractivity contribution in [3.05, 3.63) is 107 Å². The number of benzene rings is 2. The van der Waals surface area contributed by atoms with Crippen LogP contribution >= 0.6 is 0 Å². The van der Waals surface area contributed by atoms with Crippen LogP contribution in [0.5, 0.6) is 0 Å². The van der Waals surface area contributed by atoms with E-state index in [-0.39, 0.29) is 86.4 Å². The Morgan fingerprint density at radius 1 is 0.318 bits per heavy atom. The fraction of sp³-hybridized carbons (Fsp3) is 0.647. The molecule has 476 valence electrons. The summed E-state index contributed by atoms with van der Waals surface area (Å²) in [6, 6.07) is 6.17. The Balaban J connectivity index is 0.00000164. The van der Waals surface area contributed by atoms with Gasteiger partial charge in [0.2, 0.25) is 0 Å². The molecule has 0 N–H and O–H groups in total. The van der Waals surface area contributed by atoms with E-state index < -0.39 is 53.9 Å². The SMILES string of the molecule is C/C=C/CCCCCCCCCCOC(=O)c1ccc(S(=O)(=O)[O-])cc1C(=O)OCCCCCCCCCC/C=C/C.C/C=C/CCCCCCCCCCOC(=O)c1ccc(S(=O)(=O)[O-])cc1C(=O)OCCCCCCCCCC/C=C/C.[Ca+2]. The van der Waals surface area contributed by atoms with Gasteiger partial charge in [-0.15, -0.1) is 0 Å². The standard InChI is InChI=1S/2C34H54O7S.Ca/c2*1-3-5-7-9-11-13-15-17-19-21-23-27-40-33(35)31-26-25-30(42(37,38)39)29-32(31)34(36)41-28-24-22-20-18-16-14-12-10-8-6-4-2;/h2*3-6,25-26,29H,7-24,27-28H2,1-2H3,(H,37,38,39);/q;;+2/p-2/b2*5-3+,6-4+;. The molecule has 0 heterocycles. The van der Waals surface area contributed by atoms with E-state index >= 15 is 0 Å². The first-order valence-electron chi connectivity index (χ1n) is 31.9. The van der Waals surface area contributed by atoms with E-state index in [1.807, 2.05) is 27.7 Å². The van der Waals surface area contributed by atoms with Gasteiger partial charge in [0.05, 0.1) is 58.5 Å². The first kappa shape index (κ1) is 81.4. The van der Waals surface area contributed by atoms with E-state index in [0.717, 1.165) is 139 Å². The van der Waals surface area contributed by atoms with Crippen molar-refractivity contribution in [3.63, 3.8) is 0 Å². The Labute approximate surface area is 544 Å². The van der Waals surface area contributed by atoms with Crippen LogP contribution < -0.4 is 0 Å². The molecule has 2 aromatic rings. The Morgan fingerprint density at radius 3 is 0.706 bits per heavy atom. The molecular formula is C68H106CaO14S2. The van der Waals surface area contributed by atoms with Gasteiger partial charge in [0.25, 0.3) is 0 Å². The fourth-order valence-electron chi connectivity index (χ4n) is 9.39. The second-order valence-corrected chi connectivity index (χ2v) is 24.4. The van der Waals surface area contributed by atoms with Gasteiger partial charge in [-0.3, -0.25) is 0 Å². The molecule has 0 aliphatic rings. The minimum absolute atomic E-state index is 0. The van der Waals surface area contributed by atoms with Crippen molar-refractivity contribution in [1.29, 1.82) is 0 Å². The minimum atomic E-state index is -4.80. The average molecular weight is 1250 g/mol. The quantitative estimate of drug-likeness (QED) is 0.0150. The Hall–Kier alpha value is -3.64. The van der Waals surface area contributed by atoms with Crippen molar-refractivity contribution in [1.82, 2.24) is 0 Å². The van der Waals surface area contributed by atoms with Crippen LogP contribution in [0.15, 0.2) is 94.8 Å². The third-order valence-corrected chi connectivity index (χ3v) is 16.0. The van der Waals surface area contributed by atoms with E-state index in [4.69, 9.17) is 18.9 Å². The van der Waals surface area contributed by atoms with E-state index in [2.05, 4.69) is 48.6 Å². The Kier molecular flexibility index (Phi) is 52.2. The fourth-order valence-corrected chi connectivity index (χ4v) is 10.4. The van der Waals surface area contributed by atoms with Crippen molar-refractivity contribution in [3.8, 4) is 0 Å². The first-order valence-corrected chi connectivity index (χ1v) is 34.8. The molecule has 0 unspecified atom stereocenters. The van der Waals surface area contributed by atoms with E-state index in [1.54, 1.807) is 0 Å². The first-order chi connectivity index (χ1) is 40.6. The normalized spacial score (nSPS) is 11.7. The molecule has 0 saturated heterocycles. The summed E-state index contributed by atoms with van der Waals surface area (Å²) in [5.74, 6) is -3.13. The molecule has 0 spiro atoms. The van der Waals surface area contributed by atoms with Crippen molar-refractivity contribution in [2.75, 3.05) is 26.4 Å². The molecule has 0 aromatic heterocycles. The van der Waals surface area contributed by atoms with Gasteiger partial charge < -0.3 is 28.1 Å². The zero-order valence-electron chi connectivity index (χ0n) is 52.6. The van der Waals surface area contributed by atoms with Crippen LogP contribution in [0.2, 0.25) is 0 Å². The zero-order valence-corrected chi connectivity index (χ0v) is 56.4. The molecule has 2 rings (SSSR count). The zero-order chi connectivity index (χ0) is 61.8. The summed E-state index contributed by atoms with van der Waals surface area (Å²) in [7, 11) is -9.61. The summed E-state index contributed by atoms with van der Waals surface area (Å²) in [4.78, 5) is 49.8. The maximum atomic E-state index is 12.8. The Bertz CT molecular complexity index is 2260. The number of carbonyl (C=O) groups is 4. The predicted molar refractivity (Wildman–Crippen MR) is 341 cm³/mol. The molecule has 0 atom stereocenters. The molecule has 0 amide bonds. The second-order valence-electron chi connectivity index (χ2n) is 21.6.